The van der Waals surface area contributed by atoms with Crippen molar-refractivity contribution in [1.82, 2.24) is 10.6 Å². The summed E-state index contributed by atoms with van der Waals surface area (Å²) in [6.07, 6.45) is 3.41. The molecule has 0 heterocycles. The first-order valence-electron chi connectivity index (χ1n) is 5.77. The predicted molar refractivity (Wildman–Crippen MR) is 59.7 cm³/mol. The molecule has 0 aromatic heterocycles. The molecule has 16 heavy (non-hydrogen) atoms. The molecular formula is C11H20N2O3. The molecule has 1 rings (SSSR count). The molecule has 0 aliphatic heterocycles. The van der Waals surface area contributed by atoms with Gasteiger partial charge in [0.25, 0.3) is 0 Å². The lowest BCUT2D eigenvalue weighted by atomic mass is 9.87. The van der Waals surface area contributed by atoms with E-state index in [0.29, 0.717) is 12.5 Å². The zero-order valence-electron chi connectivity index (χ0n) is 9.66. The Hall–Kier alpha value is -1.10. The molecule has 92 valence electrons. The number of aliphatic hydroxyl groups is 1. The number of carbonyl (C=O) groups excluding carboxylic acids is 2. The fraction of sp³-hybridized carbons (Fsp3) is 0.818. The molecule has 0 saturated heterocycles. The molecule has 0 aromatic carbocycles. The fourth-order valence-electron chi connectivity index (χ4n) is 1.87. The van der Waals surface area contributed by atoms with E-state index in [9.17, 15) is 14.7 Å². The highest BCUT2D eigenvalue weighted by atomic mass is 16.3. The van der Waals surface area contributed by atoms with Crippen LogP contribution in [0.15, 0.2) is 0 Å². The molecule has 0 spiro atoms. The molecule has 0 radical (unpaired) electrons. The van der Waals surface area contributed by atoms with Gasteiger partial charge < -0.3 is 15.7 Å². The van der Waals surface area contributed by atoms with Crippen molar-refractivity contribution >= 4 is 11.8 Å². The Bertz CT molecular complexity index is 248. The first kappa shape index (κ1) is 13.0. The van der Waals surface area contributed by atoms with Crippen LogP contribution in [0.1, 0.15) is 32.6 Å². The van der Waals surface area contributed by atoms with Gasteiger partial charge in [0.05, 0.1) is 12.6 Å². The van der Waals surface area contributed by atoms with Crippen molar-refractivity contribution in [3.8, 4) is 0 Å². The molecule has 5 heteroatoms. The first-order valence-corrected chi connectivity index (χ1v) is 5.77. The van der Waals surface area contributed by atoms with E-state index in [-0.39, 0.29) is 24.5 Å². The zero-order valence-corrected chi connectivity index (χ0v) is 9.66. The van der Waals surface area contributed by atoms with Gasteiger partial charge in [-0.25, -0.2) is 0 Å². The van der Waals surface area contributed by atoms with Gasteiger partial charge in [-0.2, -0.15) is 0 Å². The third kappa shape index (κ3) is 5.11. The topological polar surface area (TPSA) is 78.4 Å². The molecule has 1 fully saturated rings. The van der Waals surface area contributed by atoms with Crippen LogP contribution in [0.2, 0.25) is 0 Å². The van der Waals surface area contributed by atoms with Crippen LogP contribution in [0.3, 0.4) is 0 Å². The lowest BCUT2D eigenvalue weighted by Crippen LogP contribution is -2.39. The van der Waals surface area contributed by atoms with Gasteiger partial charge in [-0.05, 0) is 31.6 Å². The maximum Gasteiger partial charge on any atom is 0.239 e. The lowest BCUT2D eigenvalue weighted by molar-refractivity contribution is -0.125. The Morgan fingerprint density at radius 3 is 2.38 bits per heavy atom. The molecule has 5 nitrogen and oxygen atoms in total. The number of amides is 2. The number of nitrogens with one attached hydrogen (secondary N) is 2. The maximum atomic E-state index is 11.3. The summed E-state index contributed by atoms with van der Waals surface area (Å²) in [5, 5.41) is 14.6. The Balaban J connectivity index is 2.09. The first-order chi connectivity index (χ1) is 7.58. The van der Waals surface area contributed by atoms with Gasteiger partial charge in [0.15, 0.2) is 0 Å². The van der Waals surface area contributed by atoms with Crippen molar-refractivity contribution in [3.05, 3.63) is 0 Å². The minimum atomic E-state index is -0.198. The summed E-state index contributed by atoms with van der Waals surface area (Å²) in [4.78, 5) is 21.9. The van der Waals surface area contributed by atoms with E-state index in [1.54, 1.807) is 0 Å². The Morgan fingerprint density at radius 2 is 1.81 bits per heavy atom. The number of aliphatic hydroxyl groups excluding tert-OH is 1. The minimum absolute atomic E-state index is 0.0463. The van der Waals surface area contributed by atoms with Crippen LogP contribution < -0.4 is 10.6 Å². The third-order valence-electron chi connectivity index (χ3n) is 2.90. The van der Waals surface area contributed by atoms with Crippen molar-refractivity contribution in [3.63, 3.8) is 0 Å². The number of carbonyl (C=O) groups is 2. The summed E-state index contributed by atoms with van der Waals surface area (Å²) in [6, 6.07) is 0. The van der Waals surface area contributed by atoms with Gasteiger partial charge >= 0.3 is 0 Å². The highest BCUT2D eigenvalue weighted by Crippen LogP contribution is 2.23. The monoisotopic (exact) mass is 228 g/mol. The molecule has 0 unspecified atom stereocenters. The van der Waals surface area contributed by atoms with Crippen LogP contribution in [0.4, 0.5) is 0 Å². The average molecular weight is 228 g/mol. The van der Waals surface area contributed by atoms with Crippen molar-refractivity contribution in [2.45, 2.75) is 38.7 Å². The molecule has 2 amide bonds. The SMILES string of the molecule is CC(=O)NCC(=O)NCC1CCC(O)CC1. The van der Waals surface area contributed by atoms with E-state index in [2.05, 4.69) is 10.6 Å². The molecule has 3 N–H and O–H groups in total. The third-order valence-corrected chi connectivity index (χ3v) is 2.90. The highest BCUT2D eigenvalue weighted by molar-refractivity contribution is 5.83. The smallest absolute Gasteiger partial charge is 0.239 e. The van der Waals surface area contributed by atoms with Crippen LogP contribution in [-0.4, -0.2) is 36.1 Å². The van der Waals surface area contributed by atoms with E-state index in [0.717, 1.165) is 25.7 Å². The summed E-state index contributed by atoms with van der Waals surface area (Å²) in [7, 11) is 0. The van der Waals surface area contributed by atoms with E-state index in [1.165, 1.54) is 6.92 Å². The summed E-state index contributed by atoms with van der Waals surface area (Å²) < 4.78 is 0. The van der Waals surface area contributed by atoms with Crippen LogP contribution in [0.25, 0.3) is 0 Å². The average Bonchev–Trinajstić information content (AvgIpc) is 2.25. The second-order valence-electron chi connectivity index (χ2n) is 4.39. The van der Waals surface area contributed by atoms with E-state index < -0.39 is 0 Å². The normalized spacial score (nSPS) is 24.9. The summed E-state index contributed by atoms with van der Waals surface area (Å²) in [5.74, 6) is 0.113. The van der Waals surface area contributed by atoms with Crippen molar-refractivity contribution in [2.75, 3.05) is 13.1 Å². The van der Waals surface area contributed by atoms with Crippen molar-refractivity contribution < 1.29 is 14.7 Å². The quantitative estimate of drug-likeness (QED) is 0.623. The fourth-order valence-corrected chi connectivity index (χ4v) is 1.87. The number of hydrogen-bond donors (Lipinski definition) is 3. The Morgan fingerprint density at radius 1 is 1.19 bits per heavy atom. The van der Waals surface area contributed by atoms with Gasteiger partial charge in [0.1, 0.15) is 0 Å². The van der Waals surface area contributed by atoms with Crippen LogP contribution in [-0.2, 0) is 9.59 Å². The Labute approximate surface area is 95.6 Å². The van der Waals surface area contributed by atoms with Crippen molar-refractivity contribution in [1.29, 1.82) is 0 Å². The molecule has 1 aliphatic carbocycles. The lowest BCUT2D eigenvalue weighted by Gasteiger charge is -2.25. The molecule has 1 aliphatic rings. The molecule has 1 saturated carbocycles. The number of hydrogen-bond acceptors (Lipinski definition) is 3. The van der Waals surface area contributed by atoms with Crippen LogP contribution in [0, 0.1) is 5.92 Å². The highest BCUT2D eigenvalue weighted by Gasteiger charge is 2.19. The van der Waals surface area contributed by atoms with E-state index >= 15 is 0 Å². The van der Waals surface area contributed by atoms with E-state index in [4.69, 9.17) is 0 Å². The maximum absolute atomic E-state index is 11.3. The minimum Gasteiger partial charge on any atom is -0.393 e. The van der Waals surface area contributed by atoms with Gasteiger partial charge in [-0.3, -0.25) is 9.59 Å². The Kier molecular flexibility index (Phi) is 5.25. The number of rotatable bonds is 4. The summed E-state index contributed by atoms with van der Waals surface area (Å²) in [5.41, 5.74) is 0. The van der Waals surface area contributed by atoms with Crippen molar-refractivity contribution in [2.24, 2.45) is 5.92 Å². The van der Waals surface area contributed by atoms with Gasteiger partial charge in [-0.15, -0.1) is 0 Å². The van der Waals surface area contributed by atoms with Gasteiger partial charge in [0.2, 0.25) is 11.8 Å². The predicted octanol–water partition coefficient (Wildman–Crippen LogP) is -0.210. The largest absolute Gasteiger partial charge is 0.393 e. The van der Waals surface area contributed by atoms with Crippen LogP contribution in [0.5, 0.6) is 0 Å². The second-order valence-corrected chi connectivity index (χ2v) is 4.39. The standard InChI is InChI=1S/C11H20N2O3/c1-8(14)12-7-11(16)13-6-9-2-4-10(15)5-3-9/h9-10,15H,2-7H2,1H3,(H,12,14)(H,13,16). The molecule has 0 atom stereocenters. The molecular weight excluding hydrogens is 208 g/mol. The molecule has 0 bridgehead atoms. The van der Waals surface area contributed by atoms with E-state index in [1.807, 2.05) is 0 Å². The zero-order chi connectivity index (χ0) is 12.0. The molecule has 0 aromatic rings. The summed E-state index contributed by atoms with van der Waals surface area (Å²) in [6.45, 7) is 2.08. The summed E-state index contributed by atoms with van der Waals surface area (Å²) >= 11 is 0. The van der Waals surface area contributed by atoms with Gasteiger partial charge in [0, 0.05) is 13.5 Å². The second kappa shape index (κ2) is 6.48. The van der Waals surface area contributed by atoms with Gasteiger partial charge in [-0.1, -0.05) is 0 Å². The van der Waals surface area contributed by atoms with Crippen LogP contribution >= 0.6 is 0 Å².